The van der Waals surface area contributed by atoms with Gasteiger partial charge in [-0.3, -0.25) is 0 Å². The van der Waals surface area contributed by atoms with Gasteiger partial charge in [0, 0.05) is 11.8 Å². The minimum Gasteiger partial charge on any atom is -0.395 e. The summed E-state index contributed by atoms with van der Waals surface area (Å²) >= 11 is 1.65. The van der Waals surface area contributed by atoms with Crippen LogP contribution >= 0.6 is 11.8 Å². The van der Waals surface area contributed by atoms with Crippen LogP contribution in [-0.2, 0) is 0 Å². The van der Waals surface area contributed by atoms with Crippen LogP contribution in [0.2, 0.25) is 0 Å². The van der Waals surface area contributed by atoms with Gasteiger partial charge in [0.05, 0.1) is 6.61 Å². The Bertz CT molecular complexity index is 42.7. The van der Waals surface area contributed by atoms with Gasteiger partial charge in [-0.15, -0.1) is 0 Å². The second kappa shape index (κ2) is 4.43. The Labute approximate surface area is 48.1 Å². The van der Waals surface area contributed by atoms with Crippen LogP contribution in [0.15, 0.2) is 0 Å². The van der Waals surface area contributed by atoms with E-state index in [0.717, 1.165) is 5.75 Å². The molecule has 0 aromatic rings. The molecule has 0 fully saturated rings. The highest BCUT2D eigenvalue weighted by atomic mass is 32.2. The van der Waals surface area contributed by atoms with Crippen molar-refractivity contribution in [1.82, 2.24) is 0 Å². The molecular formula is C4H11NOS. The van der Waals surface area contributed by atoms with Crippen molar-refractivity contribution in [3.63, 3.8) is 0 Å². The van der Waals surface area contributed by atoms with Gasteiger partial charge in [0.15, 0.2) is 0 Å². The molecule has 3 N–H and O–H groups in total. The highest BCUT2D eigenvalue weighted by molar-refractivity contribution is 7.98. The van der Waals surface area contributed by atoms with Crippen molar-refractivity contribution in [2.45, 2.75) is 6.04 Å². The summed E-state index contributed by atoms with van der Waals surface area (Å²) in [4.78, 5) is 0. The van der Waals surface area contributed by atoms with Gasteiger partial charge in [-0.05, 0) is 6.26 Å². The second-order valence-electron chi connectivity index (χ2n) is 1.40. The molecule has 0 radical (unpaired) electrons. The van der Waals surface area contributed by atoms with Crippen molar-refractivity contribution >= 4 is 11.8 Å². The number of thioether (sulfide) groups is 1. The summed E-state index contributed by atoms with van der Waals surface area (Å²) in [6.07, 6.45) is 1.97. The maximum absolute atomic E-state index is 8.33. The third kappa shape index (κ3) is 4.12. The second-order valence-corrected chi connectivity index (χ2v) is 2.31. The van der Waals surface area contributed by atoms with Gasteiger partial charge in [-0.1, -0.05) is 0 Å². The first-order valence-corrected chi connectivity index (χ1v) is 3.56. The zero-order valence-electron chi connectivity index (χ0n) is 4.42. The van der Waals surface area contributed by atoms with Crippen LogP contribution < -0.4 is 5.73 Å². The average molecular weight is 121 g/mol. The lowest BCUT2D eigenvalue weighted by molar-refractivity contribution is 0.275. The lowest BCUT2D eigenvalue weighted by Crippen LogP contribution is -2.26. The van der Waals surface area contributed by atoms with Crippen LogP contribution in [0.5, 0.6) is 0 Å². The Hall–Kier alpha value is 0.270. The minimum absolute atomic E-state index is 0.0324. The third-order valence-corrected chi connectivity index (χ3v) is 1.38. The van der Waals surface area contributed by atoms with E-state index in [1.165, 1.54) is 0 Å². The zero-order chi connectivity index (χ0) is 5.70. The Morgan fingerprint density at radius 2 is 2.43 bits per heavy atom. The van der Waals surface area contributed by atoms with E-state index >= 15 is 0 Å². The van der Waals surface area contributed by atoms with Crippen LogP contribution in [0.1, 0.15) is 0 Å². The van der Waals surface area contributed by atoms with Gasteiger partial charge in [0.25, 0.3) is 0 Å². The molecule has 0 aromatic heterocycles. The van der Waals surface area contributed by atoms with E-state index in [2.05, 4.69) is 0 Å². The van der Waals surface area contributed by atoms with Crippen molar-refractivity contribution in [2.75, 3.05) is 18.6 Å². The number of aliphatic hydroxyl groups excluding tert-OH is 1. The minimum atomic E-state index is -0.0324. The van der Waals surface area contributed by atoms with Crippen LogP contribution in [0.4, 0.5) is 0 Å². The molecule has 0 aliphatic heterocycles. The number of nitrogens with two attached hydrogens (primary N) is 1. The molecule has 7 heavy (non-hydrogen) atoms. The highest BCUT2D eigenvalue weighted by Crippen LogP contribution is 1.91. The molecule has 0 unspecified atom stereocenters. The maximum atomic E-state index is 8.33. The molecule has 0 heterocycles. The molecule has 44 valence electrons. The van der Waals surface area contributed by atoms with Crippen LogP contribution in [-0.4, -0.2) is 29.8 Å². The van der Waals surface area contributed by atoms with E-state index in [4.69, 9.17) is 10.8 Å². The largest absolute Gasteiger partial charge is 0.395 e. The third-order valence-electron chi connectivity index (χ3n) is 0.615. The molecule has 0 aliphatic rings. The van der Waals surface area contributed by atoms with Gasteiger partial charge >= 0.3 is 0 Å². The molecular weight excluding hydrogens is 110 g/mol. The smallest absolute Gasteiger partial charge is 0.0590 e. The van der Waals surface area contributed by atoms with E-state index in [-0.39, 0.29) is 12.6 Å². The van der Waals surface area contributed by atoms with Gasteiger partial charge in [0.2, 0.25) is 0 Å². The molecule has 0 saturated carbocycles. The Morgan fingerprint density at radius 3 is 2.57 bits per heavy atom. The standard InChI is InChI=1S/C4H11NOS/c1-7-3-4(5)2-6/h4,6H,2-3,5H2,1H3/t4-/m1/s1. The zero-order valence-corrected chi connectivity index (χ0v) is 5.24. The molecule has 3 heteroatoms. The van der Waals surface area contributed by atoms with Crippen molar-refractivity contribution < 1.29 is 5.11 Å². The molecule has 0 spiro atoms. The first-order valence-electron chi connectivity index (χ1n) is 2.16. The molecule has 0 aromatic carbocycles. The summed E-state index contributed by atoms with van der Waals surface area (Å²) in [6.45, 7) is 0.0981. The SMILES string of the molecule is CSC[C@H](N)CO. The lowest BCUT2D eigenvalue weighted by atomic mass is 10.4. The fraction of sp³-hybridized carbons (Fsp3) is 1.00. The van der Waals surface area contributed by atoms with Crippen molar-refractivity contribution in [1.29, 1.82) is 0 Å². The quantitative estimate of drug-likeness (QED) is 0.537. The molecule has 0 amide bonds. The summed E-state index contributed by atoms with van der Waals surface area (Å²) in [7, 11) is 0. The summed E-state index contributed by atoms with van der Waals surface area (Å²) in [5.41, 5.74) is 5.31. The van der Waals surface area contributed by atoms with Crippen molar-refractivity contribution in [3.8, 4) is 0 Å². The topological polar surface area (TPSA) is 46.2 Å². The summed E-state index contributed by atoms with van der Waals surface area (Å²) in [5.74, 6) is 0.844. The molecule has 0 bridgehead atoms. The average Bonchev–Trinajstić information content (AvgIpc) is 1.68. The van der Waals surface area contributed by atoms with Gasteiger partial charge in [0.1, 0.15) is 0 Å². The normalized spacial score (nSPS) is 14.1. The molecule has 2 nitrogen and oxygen atoms in total. The van der Waals surface area contributed by atoms with Crippen molar-refractivity contribution in [2.24, 2.45) is 5.73 Å². The Morgan fingerprint density at radius 1 is 1.86 bits per heavy atom. The monoisotopic (exact) mass is 121 g/mol. The highest BCUT2D eigenvalue weighted by Gasteiger charge is 1.94. The van der Waals surface area contributed by atoms with E-state index in [0.29, 0.717) is 0 Å². The van der Waals surface area contributed by atoms with Crippen molar-refractivity contribution in [3.05, 3.63) is 0 Å². The predicted octanol–water partition coefficient (Wildman–Crippen LogP) is -0.331. The number of rotatable bonds is 3. The predicted molar refractivity (Wildman–Crippen MR) is 33.4 cm³/mol. The van der Waals surface area contributed by atoms with Crippen LogP contribution in [0.25, 0.3) is 0 Å². The van der Waals surface area contributed by atoms with Gasteiger partial charge in [-0.2, -0.15) is 11.8 Å². The fourth-order valence-electron chi connectivity index (χ4n) is 0.267. The fourth-order valence-corrected chi connectivity index (χ4v) is 0.800. The number of aliphatic hydroxyl groups is 1. The first-order chi connectivity index (χ1) is 3.31. The van der Waals surface area contributed by atoms with E-state index in [9.17, 15) is 0 Å². The molecule has 0 saturated heterocycles. The summed E-state index contributed by atoms with van der Waals surface area (Å²) in [5, 5.41) is 8.33. The maximum Gasteiger partial charge on any atom is 0.0590 e. The summed E-state index contributed by atoms with van der Waals surface area (Å²) in [6, 6.07) is -0.0324. The molecule has 0 rings (SSSR count). The van der Waals surface area contributed by atoms with E-state index in [1.807, 2.05) is 6.26 Å². The molecule has 1 atom stereocenters. The summed E-state index contributed by atoms with van der Waals surface area (Å²) < 4.78 is 0. The van der Waals surface area contributed by atoms with E-state index in [1.54, 1.807) is 11.8 Å². The molecule has 0 aliphatic carbocycles. The first kappa shape index (κ1) is 7.27. The lowest BCUT2D eigenvalue weighted by Gasteiger charge is -2.02. The van der Waals surface area contributed by atoms with Crippen LogP contribution in [0.3, 0.4) is 0 Å². The van der Waals surface area contributed by atoms with Gasteiger partial charge in [-0.25, -0.2) is 0 Å². The van der Waals surface area contributed by atoms with E-state index < -0.39 is 0 Å². The Kier molecular flexibility index (Phi) is 4.60. The number of hydrogen-bond acceptors (Lipinski definition) is 3. The Balaban J connectivity index is 2.83. The number of hydrogen-bond donors (Lipinski definition) is 2. The van der Waals surface area contributed by atoms with Gasteiger partial charge < -0.3 is 10.8 Å². The van der Waals surface area contributed by atoms with Crippen LogP contribution in [0, 0.1) is 0 Å².